The smallest absolute Gasteiger partial charge is 0.322 e. The van der Waals surface area contributed by atoms with E-state index in [9.17, 15) is 9.59 Å². The molecular weight excluding hydrogens is 378 g/mol. The minimum absolute atomic E-state index is 0.175. The fourth-order valence-corrected chi connectivity index (χ4v) is 4.32. The summed E-state index contributed by atoms with van der Waals surface area (Å²) in [5, 5.41) is 3.20. The van der Waals surface area contributed by atoms with Crippen molar-refractivity contribution in [3.63, 3.8) is 0 Å². The Morgan fingerprint density at radius 1 is 1.18 bits per heavy atom. The molecule has 154 valence electrons. The van der Waals surface area contributed by atoms with Crippen molar-refractivity contribution in [1.82, 2.24) is 19.7 Å². The second-order valence-corrected chi connectivity index (χ2v) is 8.23. The minimum Gasteiger partial charge on any atom is -0.339 e. The molecule has 2 aliphatic rings. The molecule has 0 saturated carbocycles. The third-order valence-electron chi connectivity index (χ3n) is 5.67. The summed E-state index contributed by atoms with van der Waals surface area (Å²) >= 11 is 6.19. The first-order valence-corrected chi connectivity index (χ1v) is 10.4. The number of anilines is 1. The molecule has 3 rings (SSSR count). The number of piperidine rings is 1. The molecule has 1 aromatic heterocycles. The largest absolute Gasteiger partial charge is 0.339 e. The quantitative estimate of drug-likeness (QED) is 0.782. The van der Waals surface area contributed by atoms with Gasteiger partial charge in [-0.1, -0.05) is 11.6 Å². The van der Waals surface area contributed by atoms with Crippen LogP contribution < -0.4 is 5.32 Å². The van der Waals surface area contributed by atoms with Crippen LogP contribution in [0.2, 0.25) is 5.15 Å². The van der Waals surface area contributed by atoms with E-state index in [0.717, 1.165) is 30.6 Å². The molecule has 0 unspecified atom stereocenters. The van der Waals surface area contributed by atoms with Gasteiger partial charge in [-0.15, -0.1) is 0 Å². The molecule has 2 saturated heterocycles. The molecule has 1 N–H and O–H groups in total. The number of nitrogens with one attached hydrogen (secondary N) is 1. The van der Waals surface area contributed by atoms with Gasteiger partial charge in [0.25, 0.3) is 0 Å². The Labute approximate surface area is 172 Å². The maximum atomic E-state index is 12.6. The second-order valence-electron chi connectivity index (χ2n) is 7.87. The Morgan fingerprint density at radius 3 is 2.54 bits per heavy atom. The van der Waals surface area contributed by atoms with Crippen LogP contribution >= 0.6 is 11.6 Å². The number of pyridine rings is 1. The highest BCUT2D eigenvalue weighted by molar-refractivity contribution is 6.32. The second kappa shape index (κ2) is 9.09. The standard InChI is InChI=1S/C20H30ClN5O2/c1-14-12-15(2)22-19(21)18(14)23-20(28)25-10-8-24(9-11-25)13-17(27)26-7-5-4-6-16(26)3/h12,16H,4-11,13H2,1-3H3,(H,23,28)/t16-/m0/s1. The lowest BCUT2D eigenvalue weighted by molar-refractivity contribution is -0.136. The van der Waals surface area contributed by atoms with E-state index >= 15 is 0 Å². The minimum atomic E-state index is -0.175. The first-order chi connectivity index (χ1) is 13.3. The Bertz CT molecular complexity index is 710. The summed E-state index contributed by atoms with van der Waals surface area (Å²) in [6.45, 7) is 9.78. The monoisotopic (exact) mass is 407 g/mol. The van der Waals surface area contributed by atoms with E-state index in [1.165, 1.54) is 6.42 Å². The van der Waals surface area contributed by atoms with E-state index in [1.807, 2.05) is 24.8 Å². The Kier molecular flexibility index (Phi) is 6.78. The number of nitrogens with zero attached hydrogens (tertiary/aromatic N) is 4. The van der Waals surface area contributed by atoms with Gasteiger partial charge in [-0.05, 0) is 51.7 Å². The number of urea groups is 1. The van der Waals surface area contributed by atoms with Crippen molar-refractivity contribution in [2.75, 3.05) is 44.6 Å². The van der Waals surface area contributed by atoms with Crippen molar-refractivity contribution < 1.29 is 9.59 Å². The van der Waals surface area contributed by atoms with Crippen molar-refractivity contribution >= 4 is 29.2 Å². The molecule has 2 aliphatic heterocycles. The summed E-state index contributed by atoms with van der Waals surface area (Å²) < 4.78 is 0. The molecule has 3 heterocycles. The van der Waals surface area contributed by atoms with Crippen LogP contribution in [0.1, 0.15) is 37.4 Å². The SMILES string of the molecule is Cc1cc(C)c(NC(=O)N2CCN(CC(=O)N3CCCC[C@@H]3C)CC2)c(Cl)n1. The van der Waals surface area contributed by atoms with E-state index in [4.69, 9.17) is 11.6 Å². The zero-order valence-electron chi connectivity index (χ0n) is 17.0. The van der Waals surface area contributed by atoms with Gasteiger partial charge in [-0.25, -0.2) is 9.78 Å². The third kappa shape index (κ3) is 4.94. The molecule has 0 aliphatic carbocycles. The lowest BCUT2D eigenvalue weighted by Gasteiger charge is -2.38. The number of halogens is 1. The van der Waals surface area contributed by atoms with E-state index < -0.39 is 0 Å². The number of piperazine rings is 1. The van der Waals surface area contributed by atoms with Gasteiger partial charge in [0.05, 0.1) is 12.2 Å². The summed E-state index contributed by atoms with van der Waals surface area (Å²) in [4.78, 5) is 35.3. The fraction of sp³-hybridized carbons (Fsp3) is 0.650. The lowest BCUT2D eigenvalue weighted by atomic mass is 10.0. The van der Waals surface area contributed by atoms with E-state index in [1.54, 1.807) is 4.90 Å². The van der Waals surface area contributed by atoms with Gasteiger partial charge >= 0.3 is 6.03 Å². The lowest BCUT2D eigenvalue weighted by Crippen LogP contribution is -2.53. The topological polar surface area (TPSA) is 68.8 Å². The summed E-state index contributed by atoms with van der Waals surface area (Å²) in [6.07, 6.45) is 3.40. The van der Waals surface area contributed by atoms with Crippen LogP contribution in [-0.4, -0.2) is 76.9 Å². The van der Waals surface area contributed by atoms with E-state index in [0.29, 0.717) is 49.6 Å². The van der Waals surface area contributed by atoms with Gasteiger partial charge in [0.1, 0.15) is 0 Å². The third-order valence-corrected chi connectivity index (χ3v) is 5.95. The van der Waals surface area contributed by atoms with Crippen LogP contribution in [0.5, 0.6) is 0 Å². The number of aryl methyl sites for hydroxylation is 2. The average molecular weight is 408 g/mol. The maximum absolute atomic E-state index is 12.6. The number of aromatic nitrogens is 1. The highest BCUT2D eigenvalue weighted by atomic mass is 35.5. The van der Waals surface area contributed by atoms with Crippen molar-refractivity contribution in [1.29, 1.82) is 0 Å². The van der Waals surface area contributed by atoms with Crippen LogP contribution in [0.3, 0.4) is 0 Å². The van der Waals surface area contributed by atoms with Crippen LogP contribution in [-0.2, 0) is 4.79 Å². The van der Waals surface area contributed by atoms with Crippen LogP contribution in [0, 0.1) is 13.8 Å². The maximum Gasteiger partial charge on any atom is 0.322 e. The van der Waals surface area contributed by atoms with Crippen LogP contribution in [0.15, 0.2) is 6.07 Å². The predicted molar refractivity (Wildman–Crippen MR) is 111 cm³/mol. The molecular formula is C20H30ClN5O2. The van der Waals surface area contributed by atoms with Gasteiger partial charge in [-0.2, -0.15) is 0 Å². The Balaban J connectivity index is 1.50. The number of carbonyl (C=O) groups excluding carboxylic acids is 2. The van der Waals surface area contributed by atoms with Crippen LogP contribution in [0.25, 0.3) is 0 Å². The molecule has 28 heavy (non-hydrogen) atoms. The highest BCUT2D eigenvalue weighted by Gasteiger charge is 2.27. The summed E-state index contributed by atoms with van der Waals surface area (Å²) in [5.74, 6) is 0.207. The number of rotatable bonds is 3. The number of hydrogen-bond acceptors (Lipinski definition) is 4. The molecule has 7 nitrogen and oxygen atoms in total. The number of carbonyl (C=O) groups is 2. The zero-order valence-corrected chi connectivity index (χ0v) is 17.8. The van der Waals surface area contributed by atoms with Crippen LogP contribution in [0.4, 0.5) is 10.5 Å². The molecule has 1 atom stereocenters. The molecule has 1 aromatic rings. The Hall–Kier alpha value is -1.86. The molecule has 3 amide bonds. The molecule has 2 fully saturated rings. The van der Waals surface area contributed by atoms with Crippen molar-refractivity contribution in [2.24, 2.45) is 0 Å². The average Bonchev–Trinajstić information content (AvgIpc) is 2.65. The van der Waals surface area contributed by atoms with Gasteiger partial charge in [0.15, 0.2) is 5.15 Å². The number of amides is 3. The molecule has 0 spiro atoms. The summed E-state index contributed by atoms with van der Waals surface area (Å²) in [7, 11) is 0. The molecule has 0 aromatic carbocycles. The van der Waals surface area contributed by atoms with Crippen molar-refractivity contribution in [2.45, 2.75) is 46.1 Å². The van der Waals surface area contributed by atoms with E-state index in [2.05, 4.69) is 22.1 Å². The highest BCUT2D eigenvalue weighted by Crippen LogP contribution is 2.25. The van der Waals surface area contributed by atoms with Gasteiger partial charge in [-0.3, -0.25) is 9.69 Å². The normalized spacial score (nSPS) is 20.9. The van der Waals surface area contributed by atoms with Crippen molar-refractivity contribution in [3.05, 3.63) is 22.5 Å². The van der Waals surface area contributed by atoms with Gasteiger partial charge in [0, 0.05) is 44.5 Å². The summed E-state index contributed by atoms with van der Waals surface area (Å²) in [6, 6.07) is 2.06. The van der Waals surface area contributed by atoms with Gasteiger partial charge in [0.2, 0.25) is 5.91 Å². The summed E-state index contributed by atoms with van der Waals surface area (Å²) in [5.41, 5.74) is 2.28. The van der Waals surface area contributed by atoms with Gasteiger partial charge < -0.3 is 15.1 Å². The molecule has 0 radical (unpaired) electrons. The van der Waals surface area contributed by atoms with Crippen molar-refractivity contribution in [3.8, 4) is 0 Å². The molecule has 8 heteroatoms. The number of likely N-dealkylation sites (tertiary alicyclic amines) is 1. The fourth-order valence-electron chi connectivity index (χ4n) is 3.99. The first-order valence-electron chi connectivity index (χ1n) is 10.1. The zero-order chi connectivity index (χ0) is 20.3. The predicted octanol–water partition coefficient (Wildman–Crippen LogP) is 2.90. The number of hydrogen-bond donors (Lipinski definition) is 1. The first kappa shape index (κ1) is 20.9. The molecule has 0 bridgehead atoms. The van der Waals surface area contributed by atoms with E-state index in [-0.39, 0.29) is 11.9 Å². The Morgan fingerprint density at radius 2 is 1.89 bits per heavy atom.